The van der Waals surface area contributed by atoms with Crippen molar-refractivity contribution in [3.8, 4) is 0 Å². The summed E-state index contributed by atoms with van der Waals surface area (Å²) in [4.78, 5) is 5.08. The monoisotopic (exact) mass is 373 g/mol. The lowest BCUT2D eigenvalue weighted by molar-refractivity contribution is -0.136. The molecule has 0 unspecified atom stereocenters. The molecule has 2 aromatic rings. The van der Waals surface area contributed by atoms with Crippen LogP contribution in [0.3, 0.4) is 0 Å². The molecule has 2 aliphatic rings. The van der Waals surface area contributed by atoms with Crippen LogP contribution in [-0.2, 0) is 24.4 Å². The molecule has 4 heterocycles. The predicted octanol–water partition coefficient (Wildman–Crippen LogP) is 1.17. The number of rotatable bonds is 6. The second-order valence-electron chi connectivity index (χ2n) is 7.86. The van der Waals surface area contributed by atoms with Gasteiger partial charge in [0.25, 0.3) is 0 Å². The Morgan fingerprint density at radius 1 is 1.15 bits per heavy atom. The van der Waals surface area contributed by atoms with E-state index in [1.807, 2.05) is 24.1 Å². The van der Waals surface area contributed by atoms with Crippen LogP contribution in [0.2, 0.25) is 0 Å². The van der Waals surface area contributed by atoms with Gasteiger partial charge in [0.05, 0.1) is 18.4 Å². The highest BCUT2D eigenvalue weighted by Gasteiger charge is 2.39. The van der Waals surface area contributed by atoms with E-state index >= 15 is 0 Å². The summed E-state index contributed by atoms with van der Waals surface area (Å²) in [6.45, 7) is 13.1. The van der Waals surface area contributed by atoms with Gasteiger partial charge >= 0.3 is 0 Å². The van der Waals surface area contributed by atoms with Crippen molar-refractivity contribution >= 4 is 0 Å². The number of piperidine rings is 1. The molecule has 2 aliphatic heterocycles. The van der Waals surface area contributed by atoms with Crippen LogP contribution in [0.5, 0.6) is 0 Å². The number of aromatic nitrogens is 5. The molecule has 8 heteroatoms. The van der Waals surface area contributed by atoms with E-state index in [0.29, 0.717) is 0 Å². The third-order valence-electron chi connectivity index (χ3n) is 5.98. The number of hydrogen-bond acceptors (Lipinski definition) is 6. The summed E-state index contributed by atoms with van der Waals surface area (Å²) in [5, 5.41) is 12.4. The molecule has 8 nitrogen and oxygen atoms in total. The summed E-state index contributed by atoms with van der Waals surface area (Å²) in [7, 11) is 0. The molecule has 148 valence electrons. The first-order chi connectivity index (χ1) is 13.2. The van der Waals surface area contributed by atoms with Crippen LogP contribution in [-0.4, -0.2) is 79.3 Å². The van der Waals surface area contributed by atoms with Crippen LogP contribution in [0, 0.1) is 6.92 Å². The highest BCUT2D eigenvalue weighted by atomic mass is 16.5. The van der Waals surface area contributed by atoms with Gasteiger partial charge in [-0.15, -0.1) is 10.2 Å². The number of aryl methyl sites for hydroxylation is 2. The van der Waals surface area contributed by atoms with Crippen LogP contribution in [0.1, 0.15) is 31.2 Å². The molecule has 27 heavy (non-hydrogen) atoms. The lowest BCUT2D eigenvalue weighted by Gasteiger charge is -2.47. The molecular weight excluding hydrogens is 342 g/mol. The highest BCUT2D eigenvalue weighted by molar-refractivity contribution is 5.04. The van der Waals surface area contributed by atoms with Gasteiger partial charge in [-0.25, -0.2) is 0 Å². The van der Waals surface area contributed by atoms with E-state index in [4.69, 9.17) is 4.74 Å². The smallest absolute Gasteiger partial charge is 0.129 e. The second kappa shape index (κ2) is 8.08. The summed E-state index contributed by atoms with van der Waals surface area (Å²) < 4.78 is 10.4. The van der Waals surface area contributed by atoms with Crippen molar-refractivity contribution in [3.63, 3.8) is 0 Å². The van der Waals surface area contributed by atoms with Crippen LogP contribution in [0.25, 0.3) is 0 Å². The largest absolute Gasteiger partial charge is 0.372 e. The normalized spacial score (nSPS) is 21.1. The fraction of sp³-hybridized carbons (Fsp3) is 0.737. The maximum atomic E-state index is 6.30. The zero-order chi connectivity index (χ0) is 18.7. The van der Waals surface area contributed by atoms with Gasteiger partial charge in [0.15, 0.2) is 0 Å². The Balaban J connectivity index is 1.27. The van der Waals surface area contributed by atoms with Gasteiger partial charge in [-0.3, -0.25) is 14.5 Å². The van der Waals surface area contributed by atoms with Gasteiger partial charge in [0.2, 0.25) is 0 Å². The Bertz CT molecular complexity index is 732. The van der Waals surface area contributed by atoms with E-state index in [9.17, 15) is 0 Å². The quantitative estimate of drug-likeness (QED) is 0.757. The Kier molecular flexibility index (Phi) is 5.56. The van der Waals surface area contributed by atoms with E-state index in [1.54, 1.807) is 0 Å². The fourth-order valence-electron chi connectivity index (χ4n) is 4.24. The molecule has 2 fully saturated rings. The van der Waals surface area contributed by atoms with Crippen molar-refractivity contribution in [2.45, 2.75) is 51.9 Å². The molecule has 2 aromatic heterocycles. The van der Waals surface area contributed by atoms with Crippen molar-refractivity contribution in [2.24, 2.45) is 0 Å². The standard InChI is InChI=1S/C19H31N7O/c1-3-26-14-18(12-21-26)13-23-6-4-19(5-7-23)15-24(10-11-27-19)8-9-25-16-20-22-17(25)2/h12,14,16H,3-11,13,15H2,1-2H3. The van der Waals surface area contributed by atoms with Gasteiger partial charge in [-0.2, -0.15) is 5.10 Å². The summed E-state index contributed by atoms with van der Waals surface area (Å²) in [6.07, 6.45) is 8.20. The van der Waals surface area contributed by atoms with E-state index in [1.165, 1.54) is 5.56 Å². The van der Waals surface area contributed by atoms with Crippen LogP contribution in [0.15, 0.2) is 18.7 Å². The maximum absolute atomic E-state index is 6.30. The maximum Gasteiger partial charge on any atom is 0.129 e. The number of nitrogens with zero attached hydrogens (tertiary/aromatic N) is 7. The highest BCUT2D eigenvalue weighted by Crippen LogP contribution is 2.30. The molecule has 4 rings (SSSR count). The van der Waals surface area contributed by atoms with Crippen LogP contribution < -0.4 is 0 Å². The summed E-state index contributed by atoms with van der Waals surface area (Å²) in [5.74, 6) is 0.984. The van der Waals surface area contributed by atoms with E-state index in [0.717, 1.165) is 77.6 Å². The van der Waals surface area contributed by atoms with Crippen molar-refractivity contribution in [1.29, 1.82) is 0 Å². The summed E-state index contributed by atoms with van der Waals surface area (Å²) in [5.41, 5.74) is 1.34. The first-order valence-corrected chi connectivity index (χ1v) is 10.1. The molecule has 2 saturated heterocycles. The molecule has 0 amide bonds. The van der Waals surface area contributed by atoms with Crippen LogP contribution >= 0.6 is 0 Å². The Morgan fingerprint density at radius 3 is 2.70 bits per heavy atom. The first kappa shape index (κ1) is 18.6. The Morgan fingerprint density at radius 2 is 2.00 bits per heavy atom. The lowest BCUT2D eigenvalue weighted by Crippen LogP contribution is -2.57. The SMILES string of the molecule is CCn1cc(CN2CCC3(CC2)CN(CCn2cnnc2C)CCO3)cn1. The van der Waals surface area contributed by atoms with Gasteiger partial charge in [0, 0.05) is 64.1 Å². The third kappa shape index (κ3) is 4.39. The van der Waals surface area contributed by atoms with Gasteiger partial charge in [0.1, 0.15) is 12.2 Å². The molecule has 1 spiro atoms. The third-order valence-corrected chi connectivity index (χ3v) is 5.98. The van der Waals surface area contributed by atoms with Crippen molar-refractivity contribution < 1.29 is 4.74 Å². The van der Waals surface area contributed by atoms with E-state index < -0.39 is 0 Å². The summed E-state index contributed by atoms with van der Waals surface area (Å²) >= 11 is 0. The lowest BCUT2D eigenvalue weighted by atomic mass is 9.89. The topological polar surface area (TPSA) is 64.2 Å². The van der Waals surface area contributed by atoms with Crippen molar-refractivity contribution in [2.75, 3.05) is 39.3 Å². The molecule has 0 bridgehead atoms. The zero-order valence-electron chi connectivity index (χ0n) is 16.5. The molecule has 0 N–H and O–H groups in total. The Hall–Kier alpha value is -1.77. The van der Waals surface area contributed by atoms with Gasteiger partial charge < -0.3 is 9.30 Å². The average Bonchev–Trinajstić information content (AvgIpc) is 3.31. The van der Waals surface area contributed by atoms with Crippen molar-refractivity contribution in [1.82, 2.24) is 34.3 Å². The van der Waals surface area contributed by atoms with Gasteiger partial charge in [-0.1, -0.05) is 0 Å². The minimum Gasteiger partial charge on any atom is -0.372 e. The molecule has 0 aliphatic carbocycles. The summed E-state index contributed by atoms with van der Waals surface area (Å²) in [6, 6.07) is 0. The molecule has 0 radical (unpaired) electrons. The van der Waals surface area contributed by atoms with Crippen LogP contribution in [0.4, 0.5) is 0 Å². The van der Waals surface area contributed by atoms with Crippen molar-refractivity contribution in [3.05, 3.63) is 30.1 Å². The minimum atomic E-state index is 0.0323. The number of ether oxygens (including phenoxy) is 1. The number of morpholine rings is 1. The van der Waals surface area contributed by atoms with Gasteiger partial charge in [-0.05, 0) is 26.7 Å². The fourth-order valence-corrected chi connectivity index (χ4v) is 4.24. The first-order valence-electron chi connectivity index (χ1n) is 10.1. The zero-order valence-corrected chi connectivity index (χ0v) is 16.5. The number of hydrogen-bond donors (Lipinski definition) is 0. The molecular formula is C19H31N7O. The molecule has 0 saturated carbocycles. The predicted molar refractivity (Wildman–Crippen MR) is 102 cm³/mol. The molecule has 0 aromatic carbocycles. The number of likely N-dealkylation sites (tertiary alicyclic amines) is 1. The Labute approximate surface area is 161 Å². The average molecular weight is 374 g/mol. The van der Waals surface area contributed by atoms with E-state index in [2.05, 4.69) is 42.8 Å². The molecule has 0 atom stereocenters. The van der Waals surface area contributed by atoms with E-state index in [-0.39, 0.29) is 5.60 Å². The second-order valence-corrected chi connectivity index (χ2v) is 7.86. The minimum absolute atomic E-state index is 0.0323.